The van der Waals surface area contributed by atoms with E-state index < -0.39 is 0 Å². The van der Waals surface area contributed by atoms with Gasteiger partial charge < -0.3 is 15.6 Å². The lowest BCUT2D eigenvalue weighted by Gasteiger charge is -2.28. The Kier molecular flexibility index (Phi) is 3.52. The second-order valence-electron chi connectivity index (χ2n) is 5.08. The van der Waals surface area contributed by atoms with Crippen molar-refractivity contribution in [2.24, 2.45) is 11.7 Å². The summed E-state index contributed by atoms with van der Waals surface area (Å²) in [5.74, 6) is 0.268. The first-order valence-corrected chi connectivity index (χ1v) is 6.30. The Labute approximate surface area is 102 Å². The first-order valence-electron chi connectivity index (χ1n) is 6.30. The predicted molar refractivity (Wildman–Crippen MR) is 67.3 cm³/mol. The number of rotatable bonds is 3. The van der Waals surface area contributed by atoms with Gasteiger partial charge in [-0.3, -0.25) is 4.79 Å². The molecule has 0 aliphatic carbocycles. The number of amides is 1. The molecule has 2 atom stereocenters. The lowest BCUT2D eigenvalue weighted by molar-refractivity contribution is -0.134. The molecule has 1 aromatic heterocycles. The van der Waals surface area contributed by atoms with Gasteiger partial charge in [-0.2, -0.15) is 0 Å². The highest BCUT2D eigenvalue weighted by molar-refractivity contribution is 5.82. The zero-order valence-corrected chi connectivity index (χ0v) is 10.5. The standard InChI is InChI=1S/C13H21N3O/c1-9(2)12(14)13(17)16-8-4-6-11(16)10-5-3-7-15-10/h3,5,7,9,11-12,15H,4,6,8,14H2,1-2H3. The van der Waals surface area contributed by atoms with Crippen LogP contribution in [0.25, 0.3) is 0 Å². The van der Waals surface area contributed by atoms with Crippen molar-refractivity contribution in [2.45, 2.75) is 38.8 Å². The Bertz CT molecular complexity index is 372. The Morgan fingerprint density at radius 1 is 1.59 bits per heavy atom. The van der Waals surface area contributed by atoms with Gasteiger partial charge in [0.05, 0.1) is 12.1 Å². The molecule has 94 valence electrons. The van der Waals surface area contributed by atoms with Crippen LogP contribution in [0.2, 0.25) is 0 Å². The maximum atomic E-state index is 12.3. The number of nitrogens with two attached hydrogens (primary N) is 1. The van der Waals surface area contributed by atoms with Gasteiger partial charge in [0.1, 0.15) is 0 Å². The average Bonchev–Trinajstić information content (AvgIpc) is 2.96. The zero-order chi connectivity index (χ0) is 12.4. The molecule has 0 aromatic carbocycles. The van der Waals surface area contributed by atoms with Crippen molar-refractivity contribution < 1.29 is 4.79 Å². The van der Waals surface area contributed by atoms with Gasteiger partial charge in [-0.1, -0.05) is 13.8 Å². The Morgan fingerprint density at radius 3 is 2.94 bits per heavy atom. The van der Waals surface area contributed by atoms with Crippen LogP contribution in [0.5, 0.6) is 0 Å². The number of aromatic amines is 1. The quantitative estimate of drug-likeness (QED) is 0.837. The number of hydrogen-bond acceptors (Lipinski definition) is 2. The maximum Gasteiger partial charge on any atom is 0.240 e. The summed E-state index contributed by atoms with van der Waals surface area (Å²) in [6.07, 6.45) is 3.98. The largest absolute Gasteiger partial charge is 0.363 e. The molecule has 0 radical (unpaired) electrons. The SMILES string of the molecule is CC(C)C(N)C(=O)N1CCCC1c1ccc[nH]1. The van der Waals surface area contributed by atoms with E-state index in [1.54, 1.807) is 0 Å². The Morgan fingerprint density at radius 2 is 2.35 bits per heavy atom. The second kappa shape index (κ2) is 4.92. The van der Waals surface area contributed by atoms with E-state index in [2.05, 4.69) is 4.98 Å². The summed E-state index contributed by atoms with van der Waals surface area (Å²) >= 11 is 0. The van der Waals surface area contributed by atoms with E-state index in [9.17, 15) is 4.79 Å². The fourth-order valence-electron chi connectivity index (χ4n) is 2.38. The molecule has 1 amide bonds. The molecule has 0 bridgehead atoms. The van der Waals surface area contributed by atoms with E-state index in [4.69, 9.17) is 5.73 Å². The van der Waals surface area contributed by atoms with Crippen LogP contribution in [0, 0.1) is 5.92 Å². The minimum absolute atomic E-state index is 0.0806. The van der Waals surface area contributed by atoms with Crippen molar-refractivity contribution in [3.05, 3.63) is 24.0 Å². The van der Waals surface area contributed by atoms with Gasteiger partial charge in [-0.05, 0) is 30.9 Å². The van der Waals surface area contributed by atoms with Gasteiger partial charge in [-0.15, -0.1) is 0 Å². The van der Waals surface area contributed by atoms with E-state index in [0.29, 0.717) is 0 Å². The lowest BCUT2D eigenvalue weighted by atomic mass is 10.0. The van der Waals surface area contributed by atoms with Crippen molar-refractivity contribution in [2.75, 3.05) is 6.54 Å². The highest BCUT2D eigenvalue weighted by Gasteiger charge is 2.33. The summed E-state index contributed by atoms with van der Waals surface area (Å²) in [5, 5.41) is 0. The molecule has 17 heavy (non-hydrogen) atoms. The minimum Gasteiger partial charge on any atom is -0.363 e. The van der Waals surface area contributed by atoms with Gasteiger partial charge >= 0.3 is 0 Å². The fourth-order valence-corrected chi connectivity index (χ4v) is 2.38. The molecule has 2 rings (SSSR count). The molecular formula is C13H21N3O. The van der Waals surface area contributed by atoms with E-state index in [1.807, 2.05) is 37.1 Å². The molecule has 1 saturated heterocycles. The van der Waals surface area contributed by atoms with E-state index in [1.165, 1.54) is 0 Å². The maximum absolute atomic E-state index is 12.3. The summed E-state index contributed by atoms with van der Waals surface area (Å²) in [5.41, 5.74) is 7.07. The van der Waals surface area contributed by atoms with Crippen LogP contribution in [0.15, 0.2) is 18.3 Å². The molecule has 1 aliphatic heterocycles. The predicted octanol–water partition coefficient (Wildman–Crippen LogP) is 1.66. The molecule has 0 spiro atoms. The van der Waals surface area contributed by atoms with Crippen molar-refractivity contribution >= 4 is 5.91 Å². The minimum atomic E-state index is -0.384. The summed E-state index contributed by atoms with van der Waals surface area (Å²) < 4.78 is 0. The van der Waals surface area contributed by atoms with Crippen molar-refractivity contribution in [1.29, 1.82) is 0 Å². The molecule has 0 saturated carbocycles. The van der Waals surface area contributed by atoms with Crippen molar-refractivity contribution in [3.8, 4) is 0 Å². The van der Waals surface area contributed by atoms with Crippen LogP contribution in [-0.4, -0.2) is 28.4 Å². The number of H-pyrrole nitrogens is 1. The molecule has 4 heteroatoms. The smallest absolute Gasteiger partial charge is 0.240 e. The summed E-state index contributed by atoms with van der Waals surface area (Å²) in [7, 11) is 0. The first kappa shape index (κ1) is 12.2. The number of hydrogen-bond donors (Lipinski definition) is 2. The Balaban J connectivity index is 2.12. The van der Waals surface area contributed by atoms with Crippen LogP contribution >= 0.6 is 0 Å². The third kappa shape index (κ3) is 2.36. The van der Waals surface area contributed by atoms with Gasteiger partial charge in [0.15, 0.2) is 0 Å². The van der Waals surface area contributed by atoms with E-state index in [0.717, 1.165) is 25.1 Å². The molecule has 1 aliphatic rings. The summed E-state index contributed by atoms with van der Waals surface area (Å²) in [6.45, 7) is 4.80. The lowest BCUT2D eigenvalue weighted by Crippen LogP contribution is -2.46. The topological polar surface area (TPSA) is 62.1 Å². The highest BCUT2D eigenvalue weighted by Crippen LogP contribution is 2.31. The fraction of sp³-hybridized carbons (Fsp3) is 0.615. The van der Waals surface area contributed by atoms with Crippen LogP contribution in [0.3, 0.4) is 0 Å². The van der Waals surface area contributed by atoms with Crippen molar-refractivity contribution in [1.82, 2.24) is 9.88 Å². The molecule has 3 N–H and O–H groups in total. The third-order valence-corrected chi connectivity index (χ3v) is 3.52. The third-order valence-electron chi connectivity index (χ3n) is 3.52. The van der Waals surface area contributed by atoms with Crippen LogP contribution in [0.4, 0.5) is 0 Å². The zero-order valence-electron chi connectivity index (χ0n) is 10.5. The first-order chi connectivity index (χ1) is 8.11. The number of likely N-dealkylation sites (tertiary alicyclic amines) is 1. The van der Waals surface area contributed by atoms with E-state index in [-0.39, 0.29) is 23.9 Å². The van der Waals surface area contributed by atoms with Crippen LogP contribution in [-0.2, 0) is 4.79 Å². The molecule has 1 fully saturated rings. The van der Waals surface area contributed by atoms with Crippen LogP contribution in [0.1, 0.15) is 38.4 Å². The summed E-state index contributed by atoms with van der Waals surface area (Å²) in [4.78, 5) is 17.4. The number of carbonyl (C=O) groups excluding carboxylic acids is 1. The number of aromatic nitrogens is 1. The normalized spacial score (nSPS) is 22.1. The molecule has 1 aromatic rings. The van der Waals surface area contributed by atoms with Gasteiger partial charge in [0.25, 0.3) is 0 Å². The van der Waals surface area contributed by atoms with Gasteiger partial charge in [0.2, 0.25) is 5.91 Å². The molecule has 2 heterocycles. The number of nitrogens with zero attached hydrogens (tertiary/aromatic N) is 1. The summed E-state index contributed by atoms with van der Waals surface area (Å²) in [6, 6.07) is 3.81. The number of carbonyl (C=O) groups is 1. The highest BCUT2D eigenvalue weighted by atomic mass is 16.2. The number of nitrogens with one attached hydrogen (secondary N) is 1. The van der Waals surface area contributed by atoms with E-state index >= 15 is 0 Å². The average molecular weight is 235 g/mol. The van der Waals surface area contributed by atoms with Crippen molar-refractivity contribution in [3.63, 3.8) is 0 Å². The molecule has 2 unspecified atom stereocenters. The Hall–Kier alpha value is -1.29. The van der Waals surface area contributed by atoms with Gasteiger partial charge in [-0.25, -0.2) is 0 Å². The molecular weight excluding hydrogens is 214 g/mol. The van der Waals surface area contributed by atoms with Gasteiger partial charge in [0, 0.05) is 18.4 Å². The monoisotopic (exact) mass is 235 g/mol. The van der Waals surface area contributed by atoms with Crippen LogP contribution < -0.4 is 5.73 Å². The second-order valence-corrected chi connectivity index (χ2v) is 5.08. The molecule has 4 nitrogen and oxygen atoms in total.